The van der Waals surface area contributed by atoms with Crippen LogP contribution in [0, 0.1) is 0 Å². The predicted molar refractivity (Wildman–Crippen MR) is 125 cm³/mol. The van der Waals surface area contributed by atoms with Crippen LogP contribution in [0.2, 0.25) is 0 Å². The van der Waals surface area contributed by atoms with Gasteiger partial charge in [0, 0.05) is 10.9 Å². The van der Waals surface area contributed by atoms with Crippen molar-refractivity contribution in [3.05, 3.63) is 69.0 Å². The highest BCUT2D eigenvalue weighted by Crippen LogP contribution is 2.39. The summed E-state index contributed by atoms with van der Waals surface area (Å²) in [6.07, 6.45) is 1.28. The molecule has 2 aliphatic heterocycles. The van der Waals surface area contributed by atoms with E-state index >= 15 is 0 Å². The molecule has 1 aromatic carbocycles. The maximum absolute atomic E-state index is 13.4. The van der Waals surface area contributed by atoms with E-state index in [0.717, 1.165) is 39.0 Å². The van der Waals surface area contributed by atoms with Crippen molar-refractivity contribution in [2.24, 2.45) is 0 Å². The van der Waals surface area contributed by atoms with Crippen LogP contribution in [0.25, 0.3) is 22.3 Å². The van der Waals surface area contributed by atoms with E-state index in [1.807, 2.05) is 32.0 Å². The number of carboxylic acid groups (broad SMARTS) is 1. The number of carbonyl (C=O) groups is 2. The van der Waals surface area contributed by atoms with E-state index in [-0.39, 0.29) is 30.3 Å². The van der Waals surface area contributed by atoms with Crippen molar-refractivity contribution in [3.63, 3.8) is 0 Å². The van der Waals surface area contributed by atoms with E-state index in [1.54, 1.807) is 10.6 Å². The van der Waals surface area contributed by atoms with Crippen molar-refractivity contribution in [2.75, 3.05) is 6.61 Å². The minimum atomic E-state index is -1.10. The van der Waals surface area contributed by atoms with Crippen molar-refractivity contribution < 1.29 is 24.2 Å². The molecule has 5 rings (SSSR count). The van der Waals surface area contributed by atoms with Gasteiger partial charge in [-0.25, -0.2) is 9.78 Å². The van der Waals surface area contributed by atoms with E-state index in [1.165, 1.54) is 0 Å². The van der Waals surface area contributed by atoms with Crippen LogP contribution in [0.4, 0.5) is 0 Å². The van der Waals surface area contributed by atoms with Crippen molar-refractivity contribution in [2.45, 2.75) is 45.8 Å². The van der Waals surface area contributed by atoms with Crippen LogP contribution in [-0.4, -0.2) is 33.2 Å². The molecule has 1 atom stereocenters. The molecular formula is C26H24N2O6. The number of rotatable bonds is 6. The second-order valence-corrected chi connectivity index (χ2v) is 8.57. The van der Waals surface area contributed by atoms with E-state index in [4.69, 9.17) is 19.6 Å². The first-order valence-corrected chi connectivity index (χ1v) is 11.3. The Morgan fingerprint density at radius 2 is 2.06 bits per heavy atom. The van der Waals surface area contributed by atoms with Gasteiger partial charge in [-0.3, -0.25) is 9.59 Å². The summed E-state index contributed by atoms with van der Waals surface area (Å²) < 4.78 is 12.6. The van der Waals surface area contributed by atoms with E-state index in [9.17, 15) is 14.4 Å². The van der Waals surface area contributed by atoms with Gasteiger partial charge in [0.15, 0.2) is 0 Å². The molecule has 1 N–H and O–H groups in total. The fraction of sp³-hybridized carbons (Fsp3) is 0.308. The second-order valence-electron chi connectivity index (χ2n) is 8.57. The molecule has 2 aliphatic rings. The molecule has 2 aromatic heterocycles. The molecule has 0 spiro atoms. The lowest BCUT2D eigenvalue weighted by atomic mass is 9.90. The minimum absolute atomic E-state index is 0.00149. The number of aromatic nitrogens is 2. The standard InChI is InChI=1S/C26H24N2O6/c1-4-15-18-8-14(33-11-13(3)25(30)31)6-7-21(18)27-23-19(15)10-28-22(23)9-17-16(5-2)26(32)34-12-20(17)24(28)29/h6-9,16H,3-5,10-12H2,1-2H3,(H,30,31). The monoisotopic (exact) mass is 460 g/mol. The average Bonchev–Trinajstić information content (AvgIpc) is 3.19. The van der Waals surface area contributed by atoms with Crippen LogP contribution in [0.15, 0.2) is 41.2 Å². The number of nitrogens with zero attached hydrogens (tertiary/aromatic N) is 2. The number of aryl methyl sites for hydroxylation is 1. The van der Waals surface area contributed by atoms with Gasteiger partial charge in [0.25, 0.3) is 5.56 Å². The Balaban J connectivity index is 1.63. The first-order valence-electron chi connectivity index (χ1n) is 11.3. The number of esters is 1. The Kier molecular flexibility index (Phi) is 5.23. The quantitative estimate of drug-likeness (QED) is 0.346. The third-order valence-corrected chi connectivity index (χ3v) is 6.67. The molecule has 4 heterocycles. The molecular weight excluding hydrogens is 436 g/mol. The number of hydrogen-bond donors (Lipinski definition) is 1. The van der Waals surface area contributed by atoms with Crippen molar-refractivity contribution in [1.82, 2.24) is 9.55 Å². The number of carbonyl (C=O) groups excluding carboxylic acids is 1. The molecule has 3 aromatic rings. The van der Waals surface area contributed by atoms with Gasteiger partial charge < -0.3 is 19.1 Å². The fourth-order valence-electron chi connectivity index (χ4n) is 4.89. The molecule has 8 heteroatoms. The molecule has 1 unspecified atom stereocenters. The highest BCUT2D eigenvalue weighted by molar-refractivity contribution is 5.90. The molecule has 0 aliphatic carbocycles. The lowest BCUT2D eigenvalue weighted by Crippen LogP contribution is -2.32. The van der Waals surface area contributed by atoms with Crippen LogP contribution < -0.4 is 10.3 Å². The number of aliphatic carboxylic acids is 1. The third kappa shape index (κ3) is 3.29. The summed E-state index contributed by atoms with van der Waals surface area (Å²) in [5.41, 5.74) is 5.38. The molecule has 8 nitrogen and oxygen atoms in total. The summed E-state index contributed by atoms with van der Waals surface area (Å²) in [4.78, 5) is 41.5. The zero-order valence-corrected chi connectivity index (χ0v) is 19.0. The Labute approximate surface area is 195 Å². The van der Waals surface area contributed by atoms with Crippen LogP contribution >= 0.6 is 0 Å². The molecule has 0 bridgehead atoms. The zero-order valence-electron chi connectivity index (χ0n) is 19.0. The Hall–Kier alpha value is -3.94. The van der Waals surface area contributed by atoms with Crippen LogP contribution in [-0.2, 0) is 33.9 Å². The van der Waals surface area contributed by atoms with Gasteiger partial charge in [0.2, 0.25) is 0 Å². The number of ether oxygens (including phenoxy) is 2. The van der Waals surface area contributed by atoms with Crippen LogP contribution in [0.3, 0.4) is 0 Å². The lowest BCUT2D eigenvalue weighted by Gasteiger charge is -2.24. The van der Waals surface area contributed by atoms with Gasteiger partial charge in [0.05, 0.1) is 40.5 Å². The zero-order chi connectivity index (χ0) is 24.1. The summed E-state index contributed by atoms with van der Waals surface area (Å²) in [6, 6.07) is 7.37. The van der Waals surface area contributed by atoms with E-state index < -0.39 is 11.9 Å². The highest BCUT2D eigenvalue weighted by Gasteiger charge is 2.34. The van der Waals surface area contributed by atoms with E-state index in [2.05, 4.69) is 6.58 Å². The van der Waals surface area contributed by atoms with Gasteiger partial charge in [-0.2, -0.15) is 0 Å². The topological polar surface area (TPSA) is 108 Å². The molecule has 0 fully saturated rings. The summed E-state index contributed by atoms with van der Waals surface area (Å²) in [5, 5.41) is 9.91. The lowest BCUT2D eigenvalue weighted by molar-refractivity contribution is -0.148. The van der Waals surface area contributed by atoms with Crippen molar-refractivity contribution in [1.29, 1.82) is 0 Å². The van der Waals surface area contributed by atoms with Crippen LogP contribution in [0.5, 0.6) is 5.75 Å². The minimum Gasteiger partial charge on any atom is -0.489 e. The maximum Gasteiger partial charge on any atom is 0.334 e. The predicted octanol–water partition coefficient (Wildman–Crippen LogP) is 3.56. The molecule has 34 heavy (non-hydrogen) atoms. The first kappa shape index (κ1) is 21.9. The van der Waals surface area contributed by atoms with Gasteiger partial charge in [-0.15, -0.1) is 0 Å². The third-order valence-electron chi connectivity index (χ3n) is 6.67. The van der Waals surface area contributed by atoms with Crippen molar-refractivity contribution >= 4 is 22.8 Å². The van der Waals surface area contributed by atoms with Gasteiger partial charge >= 0.3 is 11.9 Å². The Morgan fingerprint density at radius 1 is 1.26 bits per heavy atom. The average molecular weight is 460 g/mol. The number of hydrogen-bond acceptors (Lipinski definition) is 6. The SMILES string of the molecule is C=C(COc1ccc2nc3c(c(CC)c2c1)Cn1c-3cc2c(c1=O)COC(=O)C2CC)C(=O)O. The smallest absolute Gasteiger partial charge is 0.334 e. The Bertz CT molecular complexity index is 1450. The maximum atomic E-state index is 13.4. The number of fused-ring (bicyclic) bond motifs is 5. The summed E-state index contributed by atoms with van der Waals surface area (Å²) in [5.74, 6) is -1.32. The summed E-state index contributed by atoms with van der Waals surface area (Å²) in [7, 11) is 0. The number of cyclic esters (lactones) is 1. The van der Waals surface area contributed by atoms with E-state index in [0.29, 0.717) is 30.7 Å². The van der Waals surface area contributed by atoms with Crippen molar-refractivity contribution in [3.8, 4) is 17.1 Å². The first-order chi connectivity index (χ1) is 16.3. The molecule has 0 saturated carbocycles. The number of benzene rings is 1. The summed E-state index contributed by atoms with van der Waals surface area (Å²) >= 11 is 0. The number of carboxylic acids is 1. The molecule has 0 radical (unpaired) electrons. The molecule has 0 saturated heterocycles. The van der Waals surface area contributed by atoms with Gasteiger partial charge in [0.1, 0.15) is 19.0 Å². The van der Waals surface area contributed by atoms with Crippen LogP contribution in [0.1, 0.15) is 48.4 Å². The van der Waals surface area contributed by atoms with Gasteiger partial charge in [-0.1, -0.05) is 20.4 Å². The Morgan fingerprint density at radius 3 is 2.76 bits per heavy atom. The largest absolute Gasteiger partial charge is 0.489 e. The number of pyridine rings is 2. The fourth-order valence-corrected chi connectivity index (χ4v) is 4.89. The second kappa shape index (κ2) is 8.13. The normalized spacial score (nSPS) is 15.9. The summed E-state index contributed by atoms with van der Waals surface area (Å²) in [6.45, 7) is 7.73. The highest BCUT2D eigenvalue weighted by atomic mass is 16.5. The molecule has 174 valence electrons. The van der Waals surface area contributed by atoms with Gasteiger partial charge in [-0.05, 0) is 48.2 Å². The molecule has 0 amide bonds.